The Balaban J connectivity index is 1.79. The first-order chi connectivity index (χ1) is 11.6. The summed E-state index contributed by atoms with van der Waals surface area (Å²) in [6.07, 6.45) is 1.63. The van der Waals surface area contributed by atoms with E-state index in [0.29, 0.717) is 16.3 Å². The van der Waals surface area contributed by atoms with Crippen LogP contribution in [0.15, 0.2) is 48.7 Å². The molecule has 0 fully saturated rings. The summed E-state index contributed by atoms with van der Waals surface area (Å²) in [6, 6.07) is 11.3. The third kappa shape index (κ3) is 3.59. The molecular formula is C17H11ClFIN2O2. The molecule has 0 atom stereocenters. The van der Waals surface area contributed by atoms with Crippen LogP contribution in [0.3, 0.4) is 0 Å². The fourth-order valence-corrected chi connectivity index (χ4v) is 3.34. The van der Waals surface area contributed by atoms with Gasteiger partial charge in [0.15, 0.2) is 12.4 Å². The van der Waals surface area contributed by atoms with Crippen LogP contribution in [0.1, 0.15) is 0 Å². The number of aromatic nitrogens is 1. The first-order valence-corrected chi connectivity index (χ1v) is 8.42. The van der Waals surface area contributed by atoms with Crippen LogP contribution in [0.5, 0.6) is 5.75 Å². The molecule has 2 aromatic carbocycles. The molecule has 3 aromatic rings. The zero-order valence-electron chi connectivity index (χ0n) is 12.2. The molecule has 3 rings (SSSR count). The highest BCUT2D eigenvalue weighted by Gasteiger charge is 2.14. The molecule has 0 aliphatic heterocycles. The first-order valence-electron chi connectivity index (χ1n) is 6.96. The summed E-state index contributed by atoms with van der Waals surface area (Å²) in [4.78, 5) is 16.3. The average molecular weight is 457 g/mol. The van der Waals surface area contributed by atoms with E-state index in [0.717, 1.165) is 8.96 Å². The van der Waals surface area contributed by atoms with E-state index in [2.05, 4.69) is 32.9 Å². The number of rotatable bonds is 4. The van der Waals surface area contributed by atoms with Crippen molar-refractivity contribution in [3.63, 3.8) is 0 Å². The highest BCUT2D eigenvalue weighted by Crippen LogP contribution is 2.34. The molecule has 0 aliphatic rings. The largest absolute Gasteiger partial charge is 0.480 e. The summed E-state index contributed by atoms with van der Waals surface area (Å²) in [5, 5.41) is 3.77. The van der Waals surface area contributed by atoms with E-state index in [4.69, 9.17) is 16.3 Å². The average Bonchev–Trinajstić information content (AvgIpc) is 2.57. The lowest BCUT2D eigenvalue weighted by Crippen LogP contribution is -2.21. The summed E-state index contributed by atoms with van der Waals surface area (Å²) >= 11 is 8.27. The topological polar surface area (TPSA) is 51.2 Å². The van der Waals surface area contributed by atoms with Gasteiger partial charge in [-0.1, -0.05) is 23.7 Å². The highest BCUT2D eigenvalue weighted by atomic mass is 127. The fourth-order valence-electron chi connectivity index (χ4n) is 2.17. The molecule has 1 aromatic heterocycles. The molecule has 0 unspecified atom stereocenters. The smallest absolute Gasteiger partial charge is 0.262 e. The van der Waals surface area contributed by atoms with E-state index < -0.39 is 11.7 Å². The molecule has 1 heterocycles. The lowest BCUT2D eigenvalue weighted by atomic mass is 10.2. The second-order valence-corrected chi connectivity index (χ2v) is 6.45. The predicted octanol–water partition coefficient (Wildman–Crippen LogP) is 4.65. The Kier molecular flexibility index (Phi) is 5.15. The second-order valence-electron chi connectivity index (χ2n) is 4.89. The van der Waals surface area contributed by atoms with Crippen LogP contribution in [0.2, 0.25) is 5.02 Å². The Morgan fingerprint density at radius 1 is 1.29 bits per heavy atom. The van der Waals surface area contributed by atoms with Crippen LogP contribution in [0.4, 0.5) is 10.1 Å². The third-order valence-corrected chi connectivity index (χ3v) is 4.36. The maximum Gasteiger partial charge on any atom is 0.262 e. The number of benzene rings is 2. The fraction of sp³-hybridized carbons (Fsp3) is 0.0588. The minimum atomic E-state index is -0.501. The standard InChI is InChI=1S/C17H11ClFIN2O2/c18-11-8-13(20)17(16-10(11)4-3-7-21-16)24-9-15(23)22-14-6-2-1-5-12(14)19/h1-8H,9H2,(H,22,23). The molecule has 0 aliphatic carbocycles. The minimum absolute atomic E-state index is 0.111. The Bertz CT molecular complexity index is 920. The van der Waals surface area contributed by atoms with E-state index in [1.54, 1.807) is 30.5 Å². The molecule has 0 spiro atoms. The zero-order valence-corrected chi connectivity index (χ0v) is 15.1. The Morgan fingerprint density at radius 2 is 2.08 bits per heavy atom. The van der Waals surface area contributed by atoms with Gasteiger partial charge in [0.2, 0.25) is 0 Å². The van der Waals surface area contributed by atoms with Crippen LogP contribution in [0.25, 0.3) is 10.9 Å². The Morgan fingerprint density at radius 3 is 2.88 bits per heavy atom. The molecular weight excluding hydrogens is 446 g/mol. The van der Waals surface area contributed by atoms with Crippen molar-refractivity contribution in [1.82, 2.24) is 4.98 Å². The van der Waals surface area contributed by atoms with E-state index in [9.17, 15) is 9.18 Å². The lowest BCUT2D eigenvalue weighted by molar-refractivity contribution is -0.118. The van der Waals surface area contributed by atoms with Gasteiger partial charge in [-0.2, -0.15) is 0 Å². The summed E-state index contributed by atoms with van der Waals surface area (Å²) in [5.74, 6) is -0.492. The number of hydrogen-bond acceptors (Lipinski definition) is 3. The van der Waals surface area contributed by atoms with Gasteiger partial charge in [0.05, 0.1) is 14.3 Å². The van der Waals surface area contributed by atoms with Crippen molar-refractivity contribution in [2.24, 2.45) is 0 Å². The van der Waals surface area contributed by atoms with Gasteiger partial charge in [0, 0.05) is 11.6 Å². The van der Waals surface area contributed by atoms with Crippen molar-refractivity contribution in [2.45, 2.75) is 0 Å². The van der Waals surface area contributed by atoms with E-state index in [1.807, 2.05) is 6.07 Å². The van der Waals surface area contributed by atoms with Crippen molar-refractivity contribution in [2.75, 3.05) is 11.9 Å². The zero-order chi connectivity index (χ0) is 17.1. The monoisotopic (exact) mass is 456 g/mol. The third-order valence-electron chi connectivity index (χ3n) is 3.25. The molecule has 24 heavy (non-hydrogen) atoms. The van der Waals surface area contributed by atoms with Gasteiger partial charge in [-0.25, -0.2) is 4.39 Å². The number of nitrogens with zero attached hydrogens (tertiary/aromatic N) is 1. The molecule has 122 valence electrons. The second kappa shape index (κ2) is 7.31. The normalized spacial score (nSPS) is 10.6. The minimum Gasteiger partial charge on any atom is -0.480 e. The lowest BCUT2D eigenvalue weighted by Gasteiger charge is -2.12. The number of halogens is 3. The van der Waals surface area contributed by atoms with Crippen molar-refractivity contribution in [3.8, 4) is 5.75 Å². The van der Waals surface area contributed by atoms with Crippen LogP contribution in [-0.4, -0.2) is 17.5 Å². The number of para-hydroxylation sites is 1. The SMILES string of the molecule is O=C(COc1c(I)cc(Cl)c2cccnc12)Nc1ccccc1F. The predicted molar refractivity (Wildman–Crippen MR) is 100.0 cm³/mol. The number of ether oxygens (including phenoxy) is 1. The van der Waals surface area contributed by atoms with Gasteiger partial charge in [-0.3, -0.25) is 9.78 Å². The van der Waals surface area contributed by atoms with Gasteiger partial charge in [-0.15, -0.1) is 0 Å². The molecule has 0 bridgehead atoms. The number of carbonyl (C=O) groups excluding carboxylic acids is 1. The first kappa shape index (κ1) is 16.9. The van der Waals surface area contributed by atoms with Crippen LogP contribution in [0, 0.1) is 9.39 Å². The quantitative estimate of drug-likeness (QED) is 0.582. The number of pyridine rings is 1. The Labute approximate surface area is 156 Å². The number of hydrogen-bond donors (Lipinski definition) is 1. The van der Waals surface area contributed by atoms with E-state index in [-0.39, 0.29) is 12.3 Å². The number of amides is 1. The molecule has 1 amide bonds. The van der Waals surface area contributed by atoms with Crippen molar-refractivity contribution in [1.29, 1.82) is 0 Å². The van der Waals surface area contributed by atoms with E-state index in [1.165, 1.54) is 12.1 Å². The maximum atomic E-state index is 13.5. The molecule has 0 radical (unpaired) electrons. The highest BCUT2D eigenvalue weighted by molar-refractivity contribution is 14.1. The maximum absolute atomic E-state index is 13.5. The van der Waals surface area contributed by atoms with Crippen LogP contribution in [-0.2, 0) is 4.79 Å². The summed E-state index contributed by atoms with van der Waals surface area (Å²) in [5.41, 5.74) is 0.688. The van der Waals surface area contributed by atoms with E-state index >= 15 is 0 Å². The van der Waals surface area contributed by atoms with Crippen LogP contribution < -0.4 is 10.1 Å². The van der Waals surface area contributed by atoms with Gasteiger partial charge >= 0.3 is 0 Å². The molecule has 1 N–H and O–H groups in total. The Hall–Kier alpha value is -1.93. The number of anilines is 1. The molecule has 0 saturated heterocycles. The van der Waals surface area contributed by atoms with Gasteiger partial charge in [0.25, 0.3) is 5.91 Å². The summed E-state index contributed by atoms with van der Waals surface area (Å²) in [6.45, 7) is -0.266. The molecule has 7 heteroatoms. The molecule has 0 saturated carbocycles. The van der Waals surface area contributed by atoms with Gasteiger partial charge in [-0.05, 0) is 52.9 Å². The van der Waals surface area contributed by atoms with Crippen molar-refractivity contribution >= 4 is 56.7 Å². The summed E-state index contributed by atoms with van der Waals surface area (Å²) < 4.78 is 19.9. The summed E-state index contributed by atoms with van der Waals surface area (Å²) in [7, 11) is 0. The van der Waals surface area contributed by atoms with Gasteiger partial charge in [0.1, 0.15) is 11.3 Å². The van der Waals surface area contributed by atoms with Gasteiger partial charge < -0.3 is 10.1 Å². The number of nitrogens with one attached hydrogen (secondary N) is 1. The van der Waals surface area contributed by atoms with Crippen LogP contribution >= 0.6 is 34.2 Å². The number of carbonyl (C=O) groups is 1. The molecule has 4 nitrogen and oxygen atoms in total. The number of fused-ring (bicyclic) bond motifs is 1. The van der Waals surface area contributed by atoms with Crippen molar-refractivity contribution in [3.05, 3.63) is 63.1 Å². The van der Waals surface area contributed by atoms with Crippen molar-refractivity contribution < 1.29 is 13.9 Å².